The minimum Gasteiger partial charge on any atom is -0.481 e. The molecule has 0 aromatic heterocycles. The average molecular weight is 418 g/mol. The van der Waals surface area contributed by atoms with Crippen LogP contribution < -0.4 is 5.32 Å². The van der Waals surface area contributed by atoms with Gasteiger partial charge in [-0.2, -0.15) is 0 Å². The Morgan fingerprint density at radius 2 is 1.90 bits per heavy atom. The second-order valence-electron chi connectivity index (χ2n) is 7.47. The van der Waals surface area contributed by atoms with Crippen LogP contribution in [0.4, 0.5) is 0 Å². The number of carboxylic acids is 1. The highest BCUT2D eigenvalue weighted by atomic mass is 16.6. The Hall–Kier alpha value is -3.23. The molecule has 1 aromatic rings. The summed E-state index contributed by atoms with van der Waals surface area (Å²) in [4.78, 5) is 52.6. The molecule has 1 heterocycles. The SMILES string of the molecule is CC(=O)[C@H](CC(=O)O)NC(=O)C1CC([C@@H](C(=O)OCc2ccccc2)C(C)C)=NO1. The Kier molecular flexibility index (Phi) is 8.08. The van der Waals surface area contributed by atoms with Crippen molar-refractivity contribution < 1.29 is 33.9 Å². The summed E-state index contributed by atoms with van der Waals surface area (Å²) in [5.41, 5.74) is 1.23. The number of oxime groups is 1. The molecule has 0 aliphatic carbocycles. The molecule has 0 fully saturated rings. The lowest BCUT2D eigenvalue weighted by Crippen LogP contribution is -2.46. The van der Waals surface area contributed by atoms with E-state index in [1.54, 1.807) is 0 Å². The zero-order chi connectivity index (χ0) is 22.3. The largest absolute Gasteiger partial charge is 0.481 e. The molecule has 162 valence electrons. The van der Waals surface area contributed by atoms with Gasteiger partial charge in [0.15, 0.2) is 5.78 Å². The second-order valence-corrected chi connectivity index (χ2v) is 7.47. The zero-order valence-electron chi connectivity index (χ0n) is 17.2. The maximum Gasteiger partial charge on any atom is 0.315 e. The third kappa shape index (κ3) is 6.40. The molecular formula is C21H26N2O7. The van der Waals surface area contributed by atoms with Gasteiger partial charge in [0, 0.05) is 6.42 Å². The van der Waals surface area contributed by atoms with Crippen LogP contribution >= 0.6 is 0 Å². The van der Waals surface area contributed by atoms with Gasteiger partial charge < -0.3 is 20.0 Å². The Morgan fingerprint density at radius 3 is 2.47 bits per heavy atom. The van der Waals surface area contributed by atoms with Crippen LogP contribution in [0.25, 0.3) is 0 Å². The first-order chi connectivity index (χ1) is 14.2. The second kappa shape index (κ2) is 10.5. The number of hydrogen-bond donors (Lipinski definition) is 2. The molecule has 1 aliphatic rings. The van der Waals surface area contributed by atoms with E-state index >= 15 is 0 Å². The van der Waals surface area contributed by atoms with Crippen molar-refractivity contribution in [1.82, 2.24) is 5.32 Å². The third-order valence-corrected chi connectivity index (χ3v) is 4.67. The van der Waals surface area contributed by atoms with Gasteiger partial charge in [0.05, 0.1) is 18.2 Å². The fraction of sp³-hybridized carbons (Fsp3) is 0.476. The fourth-order valence-electron chi connectivity index (χ4n) is 3.07. The van der Waals surface area contributed by atoms with E-state index in [2.05, 4.69) is 10.5 Å². The lowest BCUT2D eigenvalue weighted by molar-refractivity contribution is -0.148. The molecule has 1 unspecified atom stereocenters. The molecule has 1 amide bonds. The summed E-state index contributed by atoms with van der Waals surface area (Å²) < 4.78 is 5.41. The smallest absolute Gasteiger partial charge is 0.315 e. The number of ether oxygens (including phenoxy) is 1. The van der Waals surface area contributed by atoms with Gasteiger partial charge in [-0.05, 0) is 18.4 Å². The number of carboxylic acid groups (broad SMARTS) is 1. The number of Topliss-reactive ketones (excluding diaryl/α,β-unsaturated/α-hetero) is 1. The zero-order valence-corrected chi connectivity index (χ0v) is 17.2. The number of hydrogen-bond acceptors (Lipinski definition) is 7. The number of nitrogens with zero attached hydrogens (tertiary/aromatic N) is 1. The molecule has 0 bridgehead atoms. The van der Waals surface area contributed by atoms with Crippen LogP contribution in [0.15, 0.2) is 35.5 Å². The van der Waals surface area contributed by atoms with Crippen LogP contribution in [0.5, 0.6) is 0 Å². The summed E-state index contributed by atoms with van der Waals surface area (Å²) in [7, 11) is 0. The Bertz CT molecular complexity index is 820. The molecule has 1 aliphatic heterocycles. The average Bonchev–Trinajstić information content (AvgIpc) is 3.15. The molecule has 0 saturated heterocycles. The van der Waals surface area contributed by atoms with Gasteiger partial charge >= 0.3 is 11.9 Å². The Balaban J connectivity index is 1.97. The first-order valence-electron chi connectivity index (χ1n) is 9.64. The highest BCUT2D eigenvalue weighted by molar-refractivity contribution is 6.05. The standard InChI is InChI=1S/C21H26N2O7/c1-12(2)19(21(28)29-11-14-7-5-4-6-8-14)16-9-17(30-23-16)20(27)22-15(13(3)24)10-18(25)26/h4-8,12,15,17,19H,9-11H2,1-3H3,(H,22,27)(H,25,26)/t15-,17?,19-/m0/s1. The summed E-state index contributed by atoms with van der Waals surface area (Å²) in [6, 6.07) is 8.10. The lowest BCUT2D eigenvalue weighted by atomic mass is 9.88. The molecule has 9 nitrogen and oxygen atoms in total. The van der Waals surface area contributed by atoms with Crippen LogP contribution in [0.1, 0.15) is 39.2 Å². The number of ketones is 1. The molecule has 0 radical (unpaired) electrons. The number of amides is 1. The van der Waals surface area contributed by atoms with Crippen molar-refractivity contribution in [1.29, 1.82) is 0 Å². The van der Waals surface area contributed by atoms with Crippen LogP contribution in [0.2, 0.25) is 0 Å². The molecule has 3 atom stereocenters. The van der Waals surface area contributed by atoms with E-state index in [9.17, 15) is 19.2 Å². The van der Waals surface area contributed by atoms with E-state index in [1.807, 2.05) is 44.2 Å². The lowest BCUT2D eigenvalue weighted by Gasteiger charge is -2.19. The molecule has 0 spiro atoms. The number of esters is 1. The first kappa shape index (κ1) is 23.1. The van der Waals surface area contributed by atoms with Gasteiger partial charge in [-0.25, -0.2) is 0 Å². The van der Waals surface area contributed by atoms with E-state index in [4.69, 9.17) is 14.7 Å². The van der Waals surface area contributed by atoms with Crippen LogP contribution in [0.3, 0.4) is 0 Å². The number of aliphatic carboxylic acids is 1. The number of carbonyl (C=O) groups is 4. The van der Waals surface area contributed by atoms with Gasteiger partial charge in [0.25, 0.3) is 5.91 Å². The summed E-state index contributed by atoms with van der Waals surface area (Å²) in [6.07, 6.45) is -1.52. The van der Waals surface area contributed by atoms with E-state index < -0.39 is 48.1 Å². The summed E-state index contributed by atoms with van der Waals surface area (Å²) in [5, 5.41) is 15.1. The molecule has 0 saturated carbocycles. The van der Waals surface area contributed by atoms with Crippen molar-refractivity contribution in [2.75, 3.05) is 0 Å². The number of benzene rings is 1. The van der Waals surface area contributed by atoms with Crippen molar-refractivity contribution in [2.24, 2.45) is 17.0 Å². The number of nitrogens with one attached hydrogen (secondary N) is 1. The molecule has 30 heavy (non-hydrogen) atoms. The van der Waals surface area contributed by atoms with E-state index in [0.29, 0.717) is 5.71 Å². The van der Waals surface area contributed by atoms with E-state index in [0.717, 1.165) is 5.56 Å². The number of carbonyl (C=O) groups excluding carboxylic acids is 3. The van der Waals surface area contributed by atoms with Gasteiger partial charge in [-0.3, -0.25) is 19.2 Å². The van der Waals surface area contributed by atoms with Crippen molar-refractivity contribution >= 4 is 29.3 Å². The fourth-order valence-corrected chi connectivity index (χ4v) is 3.07. The van der Waals surface area contributed by atoms with Crippen molar-refractivity contribution in [3.63, 3.8) is 0 Å². The summed E-state index contributed by atoms with van der Waals surface area (Å²) >= 11 is 0. The minimum absolute atomic E-state index is 0.0484. The molecular weight excluding hydrogens is 392 g/mol. The quantitative estimate of drug-likeness (QED) is 0.553. The van der Waals surface area contributed by atoms with Gasteiger partial charge in [-0.15, -0.1) is 0 Å². The van der Waals surface area contributed by atoms with Crippen LogP contribution in [-0.2, 0) is 35.4 Å². The summed E-state index contributed by atoms with van der Waals surface area (Å²) in [5.74, 6) is -3.64. The van der Waals surface area contributed by atoms with E-state index in [-0.39, 0.29) is 18.9 Å². The minimum atomic E-state index is -1.21. The Labute approximate surface area is 174 Å². The highest BCUT2D eigenvalue weighted by Gasteiger charge is 2.38. The van der Waals surface area contributed by atoms with Crippen LogP contribution in [0, 0.1) is 11.8 Å². The van der Waals surface area contributed by atoms with E-state index in [1.165, 1.54) is 6.92 Å². The first-order valence-corrected chi connectivity index (χ1v) is 9.64. The highest BCUT2D eigenvalue weighted by Crippen LogP contribution is 2.24. The third-order valence-electron chi connectivity index (χ3n) is 4.67. The Morgan fingerprint density at radius 1 is 1.23 bits per heavy atom. The van der Waals surface area contributed by atoms with Crippen molar-refractivity contribution in [3.8, 4) is 0 Å². The van der Waals surface area contributed by atoms with Crippen molar-refractivity contribution in [2.45, 2.75) is 52.4 Å². The monoisotopic (exact) mass is 418 g/mol. The predicted molar refractivity (Wildman–Crippen MR) is 106 cm³/mol. The summed E-state index contributed by atoms with van der Waals surface area (Å²) in [6.45, 7) is 4.99. The van der Waals surface area contributed by atoms with Gasteiger partial charge in [0.1, 0.15) is 12.5 Å². The maximum atomic E-state index is 12.6. The molecule has 2 rings (SSSR count). The maximum absolute atomic E-state index is 12.6. The van der Waals surface area contributed by atoms with Gasteiger partial charge in [-0.1, -0.05) is 49.3 Å². The number of rotatable bonds is 10. The topological polar surface area (TPSA) is 131 Å². The molecule has 9 heteroatoms. The molecule has 1 aromatic carbocycles. The molecule has 2 N–H and O–H groups in total. The predicted octanol–water partition coefficient (Wildman–Crippen LogP) is 1.70. The van der Waals surface area contributed by atoms with Gasteiger partial charge in [0.2, 0.25) is 6.10 Å². The normalized spacial score (nSPS) is 17.5. The van der Waals surface area contributed by atoms with Crippen molar-refractivity contribution in [3.05, 3.63) is 35.9 Å². The van der Waals surface area contributed by atoms with Crippen LogP contribution in [-0.4, -0.2) is 46.6 Å².